The van der Waals surface area contributed by atoms with Gasteiger partial charge in [0.25, 0.3) is 11.8 Å². The van der Waals surface area contributed by atoms with Crippen molar-refractivity contribution in [1.29, 1.82) is 0 Å². The highest BCUT2D eigenvalue weighted by molar-refractivity contribution is 7.85. The molecule has 146 valence electrons. The summed E-state index contributed by atoms with van der Waals surface area (Å²) in [5.74, 6) is 0.442. The topological polar surface area (TPSA) is 57.7 Å². The third-order valence-corrected chi connectivity index (χ3v) is 7.15. The highest BCUT2D eigenvalue weighted by Gasteiger charge is 2.31. The largest absolute Gasteiger partial charge is 0.339 e. The quantitative estimate of drug-likeness (QED) is 0.778. The van der Waals surface area contributed by atoms with Crippen LogP contribution in [0.4, 0.5) is 5.69 Å². The summed E-state index contributed by atoms with van der Waals surface area (Å²) in [4.78, 5) is 30.7. The van der Waals surface area contributed by atoms with Crippen LogP contribution < -0.4 is 4.90 Å². The molecule has 5 nitrogen and oxygen atoms in total. The van der Waals surface area contributed by atoms with E-state index in [-0.39, 0.29) is 11.8 Å². The summed E-state index contributed by atoms with van der Waals surface area (Å²) in [7, 11) is -1.47. The van der Waals surface area contributed by atoms with Crippen LogP contribution >= 0.6 is 0 Å². The second-order valence-corrected chi connectivity index (χ2v) is 8.89. The second kappa shape index (κ2) is 7.51. The van der Waals surface area contributed by atoms with Gasteiger partial charge in [0, 0.05) is 25.2 Å². The van der Waals surface area contributed by atoms with Gasteiger partial charge in [0.2, 0.25) is 0 Å². The lowest BCUT2D eigenvalue weighted by Gasteiger charge is -2.30. The summed E-state index contributed by atoms with van der Waals surface area (Å²) in [6.07, 6.45) is 2.02. The molecule has 0 aliphatic carbocycles. The van der Waals surface area contributed by atoms with Crippen LogP contribution in [0.1, 0.15) is 47.4 Å². The van der Waals surface area contributed by atoms with Crippen molar-refractivity contribution in [3.8, 4) is 0 Å². The van der Waals surface area contributed by atoms with Crippen LogP contribution in [0.3, 0.4) is 0 Å². The minimum Gasteiger partial charge on any atom is -0.339 e. The lowest BCUT2D eigenvalue weighted by atomic mass is 9.98. The maximum Gasteiger partial charge on any atom is 0.259 e. The zero-order valence-corrected chi connectivity index (χ0v) is 17.0. The van der Waals surface area contributed by atoms with E-state index in [1.54, 1.807) is 47.4 Å². The number of benzene rings is 2. The van der Waals surface area contributed by atoms with Crippen LogP contribution in [0.2, 0.25) is 0 Å². The van der Waals surface area contributed by atoms with Crippen molar-refractivity contribution in [3.05, 3.63) is 53.6 Å². The van der Waals surface area contributed by atoms with Crippen molar-refractivity contribution in [2.45, 2.75) is 36.5 Å². The number of anilines is 1. The first-order valence-corrected chi connectivity index (χ1v) is 10.9. The number of carbonyl (C=O) groups is 2. The number of likely N-dealkylation sites (tertiary alicyclic amines) is 1. The van der Waals surface area contributed by atoms with Crippen LogP contribution in [0.15, 0.2) is 52.3 Å². The number of amides is 2. The molecule has 2 aromatic carbocycles. The summed E-state index contributed by atoms with van der Waals surface area (Å²) in [6, 6.07) is 12.2. The van der Waals surface area contributed by atoms with Gasteiger partial charge in [-0.1, -0.05) is 19.1 Å². The van der Waals surface area contributed by atoms with Gasteiger partial charge in [-0.25, -0.2) is 4.21 Å². The molecule has 0 spiro atoms. The molecule has 0 radical (unpaired) electrons. The van der Waals surface area contributed by atoms with Crippen LogP contribution in [-0.4, -0.2) is 40.6 Å². The number of hydrogen-bond acceptors (Lipinski definition) is 3. The fourth-order valence-electron chi connectivity index (χ4n) is 3.90. The van der Waals surface area contributed by atoms with Crippen molar-refractivity contribution < 1.29 is 13.8 Å². The van der Waals surface area contributed by atoms with E-state index in [2.05, 4.69) is 6.92 Å². The summed E-state index contributed by atoms with van der Waals surface area (Å²) < 4.78 is 13.2. The highest BCUT2D eigenvalue weighted by atomic mass is 32.2. The molecule has 4 rings (SSSR count). The molecule has 0 bridgehead atoms. The maximum absolute atomic E-state index is 13.2. The van der Waals surface area contributed by atoms with Gasteiger partial charge in [0.05, 0.1) is 31.8 Å². The van der Waals surface area contributed by atoms with Gasteiger partial charge in [-0.05, 0) is 56.0 Å². The van der Waals surface area contributed by atoms with E-state index in [9.17, 15) is 13.8 Å². The van der Waals surface area contributed by atoms with E-state index < -0.39 is 10.8 Å². The number of carbonyl (C=O) groups excluding carboxylic acids is 2. The standard InChI is InChI=1S/C22H24N2O3S/c1-3-24-18-14-16(21(25)23-12-10-15(2)11-13-23)8-9-20(18)28(27)19-7-5-4-6-17(19)22(24)26/h4-9,14-15H,3,10-13H2,1-2H3. The van der Waals surface area contributed by atoms with Crippen molar-refractivity contribution in [2.75, 3.05) is 24.5 Å². The van der Waals surface area contributed by atoms with Gasteiger partial charge in [0.1, 0.15) is 0 Å². The Balaban J connectivity index is 1.76. The first kappa shape index (κ1) is 18.9. The molecule has 2 amide bonds. The Labute approximate surface area is 167 Å². The molecular weight excluding hydrogens is 372 g/mol. The molecule has 1 saturated heterocycles. The Morgan fingerprint density at radius 2 is 1.82 bits per heavy atom. The third-order valence-electron chi connectivity index (χ3n) is 5.65. The Bertz CT molecular complexity index is 964. The Morgan fingerprint density at radius 3 is 2.54 bits per heavy atom. The second-order valence-electron chi connectivity index (χ2n) is 7.47. The third kappa shape index (κ3) is 3.15. The summed E-state index contributed by atoms with van der Waals surface area (Å²) in [6.45, 7) is 6.05. The summed E-state index contributed by atoms with van der Waals surface area (Å²) in [5.41, 5.74) is 1.57. The van der Waals surface area contributed by atoms with Crippen molar-refractivity contribution in [3.63, 3.8) is 0 Å². The number of fused-ring (bicyclic) bond motifs is 2. The molecule has 1 fully saturated rings. The fraction of sp³-hybridized carbons (Fsp3) is 0.364. The number of nitrogens with zero attached hydrogens (tertiary/aromatic N) is 2. The van der Waals surface area contributed by atoms with Crippen LogP contribution in [0.5, 0.6) is 0 Å². The van der Waals surface area contributed by atoms with E-state index in [4.69, 9.17) is 0 Å². The predicted octanol–water partition coefficient (Wildman–Crippen LogP) is 3.71. The number of rotatable bonds is 2. The van der Waals surface area contributed by atoms with Gasteiger partial charge in [0.15, 0.2) is 0 Å². The molecule has 2 aliphatic heterocycles. The zero-order chi connectivity index (χ0) is 19.8. The molecule has 0 aromatic heterocycles. The molecule has 2 aliphatic rings. The molecule has 1 unspecified atom stereocenters. The van der Waals surface area contributed by atoms with Gasteiger partial charge in [-0.15, -0.1) is 0 Å². The van der Waals surface area contributed by atoms with E-state index in [0.717, 1.165) is 25.9 Å². The number of piperidine rings is 1. The van der Waals surface area contributed by atoms with E-state index in [1.807, 2.05) is 11.8 Å². The van der Waals surface area contributed by atoms with Gasteiger partial charge < -0.3 is 9.80 Å². The first-order chi connectivity index (χ1) is 13.5. The van der Waals surface area contributed by atoms with Gasteiger partial charge in [-0.2, -0.15) is 0 Å². The SMILES string of the molecule is CCN1C(=O)c2ccccc2S(=O)c2ccc(C(=O)N3CCC(C)CC3)cc21. The average Bonchev–Trinajstić information content (AvgIpc) is 2.81. The molecule has 2 heterocycles. The van der Waals surface area contributed by atoms with E-state index in [1.165, 1.54) is 0 Å². The lowest BCUT2D eigenvalue weighted by Crippen LogP contribution is -2.38. The van der Waals surface area contributed by atoms with Gasteiger partial charge >= 0.3 is 0 Å². The van der Waals surface area contributed by atoms with E-state index in [0.29, 0.717) is 39.1 Å². The Morgan fingerprint density at radius 1 is 1.11 bits per heavy atom. The smallest absolute Gasteiger partial charge is 0.259 e. The molecule has 0 N–H and O–H groups in total. The highest BCUT2D eigenvalue weighted by Crippen LogP contribution is 2.35. The summed E-state index contributed by atoms with van der Waals surface area (Å²) >= 11 is 0. The minimum absolute atomic E-state index is 0.0225. The van der Waals surface area contributed by atoms with Crippen LogP contribution in [0.25, 0.3) is 0 Å². The maximum atomic E-state index is 13.2. The average molecular weight is 397 g/mol. The molecule has 1 atom stereocenters. The van der Waals surface area contributed by atoms with Gasteiger partial charge in [-0.3, -0.25) is 9.59 Å². The fourth-order valence-corrected chi connectivity index (χ4v) is 5.25. The lowest BCUT2D eigenvalue weighted by molar-refractivity contribution is 0.0697. The predicted molar refractivity (Wildman–Crippen MR) is 109 cm³/mol. The van der Waals surface area contributed by atoms with Crippen LogP contribution in [-0.2, 0) is 10.8 Å². The summed E-state index contributed by atoms with van der Waals surface area (Å²) in [5, 5.41) is 0. The zero-order valence-electron chi connectivity index (χ0n) is 16.2. The van der Waals surface area contributed by atoms with E-state index >= 15 is 0 Å². The first-order valence-electron chi connectivity index (χ1n) is 9.77. The molecule has 0 saturated carbocycles. The molecule has 2 aromatic rings. The van der Waals surface area contributed by atoms with Crippen molar-refractivity contribution >= 4 is 28.3 Å². The normalized spacial score (nSPS) is 19.8. The number of hydrogen-bond donors (Lipinski definition) is 0. The minimum atomic E-state index is -1.47. The Hall–Kier alpha value is -2.47. The monoisotopic (exact) mass is 396 g/mol. The molecule has 6 heteroatoms. The molecular formula is C22H24N2O3S. The van der Waals surface area contributed by atoms with Crippen LogP contribution in [0, 0.1) is 5.92 Å². The van der Waals surface area contributed by atoms with Crippen molar-refractivity contribution in [1.82, 2.24) is 4.90 Å². The molecule has 28 heavy (non-hydrogen) atoms. The van der Waals surface area contributed by atoms with Crippen molar-refractivity contribution in [2.24, 2.45) is 5.92 Å². The Kier molecular flexibility index (Phi) is 5.06.